The summed E-state index contributed by atoms with van der Waals surface area (Å²) in [6.07, 6.45) is -1.62. The number of hydroxylamine groups is 2. The number of nitrogens with zero attached hydrogens (tertiary/aromatic N) is 3. The normalized spacial score (nSPS) is 19.4. The van der Waals surface area contributed by atoms with Gasteiger partial charge in [-0.3, -0.25) is 14.8 Å². The number of carboxylic acids is 1. The van der Waals surface area contributed by atoms with Gasteiger partial charge in [-0.2, -0.15) is 17.8 Å². The first kappa shape index (κ1) is 32.0. The summed E-state index contributed by atoms with van der Waals surface area (Å²) in [5, 5.41) is 31.7. The SMILES string of the molecule is Cc1sc(N)nc1/C(=N/O[C@@H](COc1ccc(C(=N)NC2CNC2)cc1)C(=O)O)C(=O)N[C@@H]1CN(OS(=O)(=O)O)C1(C)C. The Morgan fingerprint density at radius 2 is 1.98 bits per heavy atom. The number of hydrogen-bond acceptors (Lipinski definition) is 14. The van der Waals surface area contributed by atoms with Crippen LogP contribution in [0.3, 0.4) is 0 Å². The highest BCUT2D eigenvalue weighted by Gasteiger charge is 2.50. The number of nitrogen functional groups attached to an aromatic ring is 1. The fourth-order valence-corrected chi connectivity index (χ4v) is 5.20. The maximum Gasteiger partial charge on any atom is 0.413 e. The Hall–Kier alpha value is -3.88. The molecule has 19 heteroatoms. The molecule has 0 saturated carbocycles. The van der Waals surface area contributed by atoms with Crippen molar-refractivity contribution in [1.29, 1.82) is 5.41 Å². The van der Waals surface area contributed by atoms with Crippen molar-refractivity contribution < 1.29 is 41.5 Å². The lowest BCUT2D eigenvalue weighted by atomic mass is 9.85. The van der Waals surface area contributed by atoms with Crippen LogP contribution in [0.15, 0.2) is 29.4 Å². The van der Waals surface area contributed by atoms with Gasteiger partial charge in [-0.1, -0.05) is 5.16 Å². The Bertz CT molecular complexity index is 1510. The van der Waals surface area contributed by atoms with Crippen molar-refractivity contribution in [2.24, 2.45) is 5.16 Å². The van der Waals surface area contributed by atoms with Crippen LogP contribution in [0, 0.1) is 12.3 Å². The Morgan fingerprint density at radius 1 is 1.30 bits per heavy atom. The van der Waals surface area contributed by atoms with Gasteiger partial charge in [0.2, 0.25) is 0 Å². The van der Waals surface area contributed by atoms with E-state index < -0.39 is 46.6 Å². The van der Waals surface area contributed by atoms with E-state index in [0.29, 0.717) is 16.2 Å². The summed E-state index contributed by atoms with van der Waals surface area (Å²) in [5.41, 5.74) is 5.08. The third-order valence-corrected chi connectivity index (χ3v) is 7.98. The van der Waals surface area contributed by atoms with Gasteiger partial charge in [0.05, 0.1) is 17.6 Å². The highest BCUT2D eigenvalue weighted by Crippen LogP contribution is 2.31. The molecule has 2 aliphatic rings. The van der Waals surface area contributed by atoms with Crippen molar-refractivity contribution in [2.75, 3.05) is 32.0 Å². The minimum atomic E-state index is -4.77. The average molecular weight is 641 g/mol. The zero-order chi connectivity index (χ0) is 31.5. The lowest BCUT2D eigenvalue weighted by Crippen LogP contribution is -2.73. The van der Waals surface area contributed by atoms with Gasteiger partial charge in [0.25, 0.3) is 12.0 Å². The molecule has 2 fully saturated rings. The van der Waals surface area contributed by atoms with E-state index in [0.717, 1.165) is 29.5 Å². The molecule has 1 aromatic carbocycles. The van der Waals surface area contributed by atoms with E-state index >= 15 is 0 Å². The number of aromatic nitrogens is 1. The summed E-state index contributed by atoms with van der Waals surface area (Å²) in [4.78, 5) is 35.1. The number of amidine groups is 1. The molecule has 0 unspecified atom stereocenters. The number of amides is 1. The number of carboxylic acid groups (broad SMARTS) is 1. The maximum atomic E-state index is 13.3. The fourth-order valence-electron chi connectivity index (χ4n) is 4.03. The minimum Gasteiger partial charge on any atom is -0.489 e. The molecular weight excluding hydrogens is 608 g/mol. The molecule has 4 rings (SSSR count). The molecule has 2 aliphatic heterocycles. The molecule has 1 aromatic heterocycles. The van der Waals surface area contributed by atoms with E-state index in [1.54, 1.807) is 45.0 Å². The van der Waals surface area contributed by atoms with E-state index in [1.807, 2.05) is 0 Å². The molecule has 43 heavy (non-hydrogen) atoms. The smallest absolute Gasteiger partial charge is 0.413 e. The lowest BCUT2D eigenvalue weighted by Gasteiger charge is -2.52. The van der Waals surface area contributed by atoms with Crippen molar-refractivity contribution >= 4 is 50.3 Å². The summed E-state index contributed by atoms with van der Waals surface area (Å²) < 4.78 is 41.3. The number of rotatable bonds is 13. The number of hydrogen-bond donors (Lipinski definition) is 7. The van der Waals surface area contributed by atoms with Crippen LogP contribution in [-0.4, -0.2) is 102 Å². The standard InChI is InChI=1S/C24H32N8O9S2/c1-12-18(30-23(26)42-12)19(21(33)29-17-10-32(24(17,2)3)41-43(36,37)38)31-40-16(22(34)35)11-39-15-6-4-13(5-7-15)20(25)28-14-8-27-9-14/h4-7,14,16-17,27H,8-11H2,1-3H3,(H2,25,28)(H2,26,30)(H,29,33)(H,34,35)(H,36,37,38)/b31-19-/t16-,17+/m0/s1. The van der Waals surface area contributed by atoms with Gasteiger partial charge < -0.3 is 36.4 Å². The summed E-state index contributed by atoms with van der Waals surface area (Å²) in [6, 6.07) is 6.03. The van der Waals surface area contributed by atoms with Crippen molar-refractivity contribution in [2.45, 2.75) is 44.5 Å². The molecule has 2 saturated heterocycles. The maximum absolute atomic E-state index is 13.3. The van der Waals surface area contributed by atoms with Crippen LogP contribution in [0.25, 0.3) is 0 Å². The van der Waals surface area contributed by atoms with Gasteiger partial charge >= 0.3 is 16.4 Å². The molecule has 0 bridgehead atoms. The second-order valence-corrected chi connectivity index (χ2v) is 12.5. The Kier molecular flexibility index (Phi) is 9.52. The van der Waals surface area contributed by atoms with Crippen LogP contribution in [0.4, 0.5) is 5.13 Å². The predicted octanol–water partition coefficient (Wildman–Crippen LogP) is -0.513. The number of nitrogens with one attached hydrogen (secondary N) is 4. The van der Waals surface area contributed by atoms with Crippen molar-refractivity contribution in [3.05, 3.63) is 40.4 Å². The molecular formula is C24H32N8O9S2. The number of carbonyl (C=O) groups excluding carboxylic acids is 1. The first-order chi connectivity index (χ1) is 20.1. The Labute approximate surface area is 250 Å². The number of aryl methyl sites for hydroxylation is 1. The van der Waals surface area contributed by atoms with Gasteiger partial charge in [0.1, 0.15) is 23.9 Å². The largest absolute Gasteiger partial charge is 0.489 e. The zero-order valence-corrected chi connectivity index (χ0v) is 25.0. The number of thiazole rings is 1. The highest BCUT2D eigenvalue weighted by atomic mass is 32.3. The summed E-state index contributed by atoms with van der Waals surface area (Å²) in [5.74, 6) is -1.63. The van der Waals surface area contributed by atoms with Crippen LogP contribution >= 0.6 is 11.3 Å². The van der Waals surface area contributed by atoms with Crippen LogP contribution in [0.2, 0.25) is 0 Å². The van der Waals surface area contributed by atoms with E-state index in [1.165, 1.54) is 0 Å². The molecule has 0 aliphatic carbocycles. The molecule has 234 valence electrons. The van der Waals surface area contributed by atoms with Crippen molar-refractivity contribution in [3.63, 3.8) is 0 Å². The van der Waals surface area contributed by atoms with Gasteiger partial charge in [0, 0.05) is 30.1 Å². The number of aliphatic carboxylic acids is 1. The third-order valence-electron chi connectivity index (χ3n) is 6.81. The molecule has 0 radical (unpaired) electrons. The molecule has 3 heterocycles. The molecule has 1 amide bonds. The van der Waals surface area contributed by atoms with Crippen molar-refractivity contribution in [3.8, 4) is 5.75 Å². The molecule has 2 atom stereocenters. The topological polar surface area (TPSA) is 251 Å². The third kappa shape index (κ3) is 7.94. The highest BCUT2D eigenvalue weighted by molar-refractivity contribution is 7.80. The lowest BCUT2D eigenvalue weighted by molar-refractivity contribution is -0.214. The average Bonchev–Trinajstić information content (AvgIpc) is 3.23. The van der Waals surface area contributed by atoms with Gasteiger partial charge in [0.15, 0.2) is 10.8 Å². The van der Waals surface area contributed by atoms with Crippen LogP contribution in [0.5, 0.6) is 5.75 Å². The number of ether oxygens (including phenoxy) is 1. The van der Waals surface area contributed by atoms with E-state index in [2.05, 4.69) is 30.4 Å². The summed E-state index contributed by atoms with van der Waals surface area (Å²) in [7, 11) is -4.77. The first-order valence-corrected chi connectivity index (χ1v) is 15.1. The van der Waals surface area contributed by atoms with Crippen LogP contribution in [0.1, 0.15) is 30.0 Å². The number of oxime groups is 1. The van der Waals surface area contributed by atoms with Crippen LogP contribution in [-0.2, 0) is 29.1 Å². The monoisotopic (exact) mass is 640 g/mol. The quantitative estimate of drug-likeness (QED) is 0.0630. The second kappa shape index (κ2) is 12.8. The van der Waals surface area contributed by atoms with Gasteiger partial charge in [-0.25, -0.2) is 9.78 Å². The number of anilines is 1. The molecule has 0 spiro atoms. The number of benzene rings is 1. The number of carbonyl (C=O) groups is 2. The molecule has 8 N–H and O–H groups in total. The first-order valence-electron chi connectivity index (χ1n) is 12.9. The van der Waals surface area contributed by atoms with E-state index in [9.17, 15) is 23.1 Å². The molecule has 17 nitrogen and oxygen atoms in total. The predicted molar refractivity (Wildman–Crippen MR) is 154 cm³/mol. The van der Waals surface area contributed by atoms with E-state index in [4.69, 9.17) is 25.3 Å². The number of nitrogens with two attached hydrogens (primary N) is 1. The Balaban J connectivity index is 1.43. The summed E-state index contributed by atoms with van der Waals surface area (Å²) >= 11 is 1.08. The summed E-state index contributed by atoms with van der Waals surface area (Å²) in [6.45, 7) is 5.79. The van der Waals surface area contributed by atoms with Crippen molar-refractivity contribution in [1.82, 2.24) is 26.0 Å². The van der Waals surface area contributed by atoms with Gasteiger partial charge in [-0.05, 0) is 45.0 Å². The molecule has 2 aromatic rings. The fraction of sp³-hybridized carbons (Fsp3) is 0.458. The van der Waals surface area contributed by atoms with Gasteiger partial charge in [-0.15, -0.1) is 11.3 Å². The Morgan fingerprint density at radius 3 is 2.49 bits per heavy atom. The van der Waals surface area contributed by atoms with E-state index in [-0.39, 0.29) is 35.0 Å². The zero-order valence-electron chi connectivity index (χ0n) is 23.4. The second-order valence-electron chi connectivity index (χ2n) is 10.3. The minimum absolute atomic E-state index is 0.0672. The van der Waals surface area contributed by atoms with Crippen LogP contribution < -0.4 is 26.4 Å².